The van der Waals surface area contributed by atoms with E-state index in [0.29, 0.717) is 11.4 Å². The van der Waals surface area contributed by atoms with Gasteiger partial charge in [0.25, 0.3) is 5.91 Å². The van der Waals surface area contributed by atoms with E-state index in [-0.39, 0.29) is 16.9 Å². The first-order valence-corrected chi connectivity index (χ1v) is 6.45. The van der Waals surface area contributed by atoms with Crippen molar-refractivity contribution in [3.8, 4) is 5.88 Å². The van der Waals surface area contributed by atoms with Crippen molar-refractivity contribution in [2.45, 2.75) is 46.6 Å². The summed E-state index contributed by atoms with van der Waals surface area (Å²) in [5, 5.41) is 3.06. The molecule has 0 unspecified atom stereocenters. The molecule has 0 saturated carbocycles. The first kappa shape index (κ1) is 15.5. The smallest absolute Gasteiger partial charge is 0.251 e. The lowest BCUT2D eigenvalue weighted by molar-refractivity contribution is 0.0891. The van der Waals surface area contributed by atoms with Crippen LogP contribution < -0.4 is 10.1 Å². The van der Waals surface area contributed by atoms with E-state index in [9.17, 15) is 4.79 Å². The van der Waals surface area contributed by atoms with Gasteiger partial charge in [-0.15, -0.1) is 0 Å². The number of rotatable bonds is 4. The molecule has 0 saturated heterocycles. The number of ether oxygens (including phenoxy) is 1. The molecule has 0 atom stereocenters. The van der Waals surface area contributed by atoms with Crippen LogP contribution in [0.3, 0.4) is 0 Å². The maximum absolute atomic E-state index is 12.2. The number of aromatic nitrogens is 1. The minimum absolute atomic E-state index is 0.102. The Morgan fingerprint density at radius 2 is 1.95 bits per heavy atom. The van der Waals surface area contributed by atoms with Gasteiger partial charge in [-0.2, -0.15) is 0 Å². The second-order valence-corrected chi connectivity index (χ2v) is 6.66. The molecule has 1 aromatic heterocycles. The summed E-state index contributed by atoms with van der Waals surface area (Å²) in [6.07, 6.45) is 2.47. The van der Waals surface area contributed by atoms with Gasteiger partial charge in [-0.25, -0.2) is 4.98 Å². The molecule has 1 heterocycles. The van der Waals surface area contributed by atoms with Gasteiger partial charge in [0.15, 0.2) is 0 Å². The third-order valence-corrected chi connectivity index (χ3v) is 2.63. The zero-order chi connectivity index (χ0) is 14.7. The van der Waals surface area contributed by atoms with Crippen LogP contribution in [0, 0.1) is 5.41 Å². The minimum Gasteiger partial charge on any atom is -0.481 e. The summed E-state index contributed by atoms with van der Waals surface area (Å²) < 4.78 is 5.02. The van der Waals surface area contributed by atoms with Gasteiger partial charge in [-0.3, -0.25) is 4.79 Å². The zero-order valence-corrected chi connectivity index (χ0v) is 12.7. The third-order valence-electron chi connectivity index (χ3n) is 2.63. The molecule has 0 spiro atoms. The van der Waals surface area contributed by atoms with Crippen LogP contribution >= 0.6 is 0 Å². The topological polar surface area (TPSA) is 51.2 Å². The van der Waals surface area contributed by atoms with Crippen LogP contribution in [0.15, 0.2) is 18.3 Å². The molecule has 4 nitrogen and oxygen atoms in total. The average Bonchev–Trinajstić information content (AvgIpc) is 2.25. The summed E-state index contributed by atoms with van der Waals surface area (Å²) in [5.74, 6) is 0.344. The summed E-state index contributed by atoms with van der Waals surface area (Å²) in [6, 6.07) is 3.33. The van der Waals surface area contributed by atoms with E-state index in [4.69, 9.17) is 4.74 Å². The van der Waals surface area contributed by atoms with Crippen LogP contribution in [0.1, 0.15) is 51.4 Å². The molecular formula is C15H24N2O2. The SMILES string of the molecule is COc1cc(C(=O)NC(C)(C)CC(C)(C)C)ccn1. The number of amides is 1. The van der Waals surface area contributed by atoms with Crippen molar-refractivity contribution in [1.29, 1.82) is 0 Å². The van der Waals surface area contributed by atoms with Gasteiger partial charge in [0.05, 0.1) is 7.11 Å². The van der Waals surface area contributed by atoms with Gasteiger partial charge in [0.2, 0.25) is 5.88 Å². The number of carbonyl (C=O) groups is 1. The second-order valence-electron chi connectivity index (χ2n) is 6.66. The van der Waals surface area contributed by atoms with Crippen molar-refractivity contribution in [3.05, 3.63) is 23.9 Å². The number of nitrogens with one attached hydrogen (secondary N) is 1. The molecule has 106 valence electrons. The number of nitrogens with zero attached hydrogens (tertiary/aromatic N) is 1. The number of carbonyl (C=O) groups excluding carboxylic acids is 1. The molecule has 0 aliphatic heterocycles. The molecule has 0 aliphatic carbocycles. The van der Waals surface area contributed by atoms with Gasteiger partial charge in [-0.05, 0) is 31.7 Å². The molecule has 1 aromatic rings. The maximum Gasteiger partial charge on any atom is 0.251 e. The standard InChI is InChI=1S/C15H24N2O2/c1-14(2,3)10-15(4,5)17-13(18)11-7-8-16-12(9-11)19-6/h7-9H,10H2,1-6H3,(H,17,18). The monoisotopic (exact) mass is 264 g/mol. The molecule has 1 rings (SSSR count). The molecule has 0 aromatic carbocycles. The number of hydrogen-bond donors (Lipinski definition) is 1. The van der Waals surface area contributed by atoms with Crippen LogP contribution in [0.5, 0.6) is 5.88 Å². The predicted molar refractivity (Wildman–Crippen MR) is 76.4 cm³/mol. The van der Waals surface area contributed by atoms with Crippen LogP contribution in [-0.2, 0) is 0 Å². The van der Waals surface area contributed by atoms with Crippen LogP contribution in [0.2, 0.25) is 0 Å². The van der Waals surface area contributed by atoms with E-state index in [2.05, 4.69) is 31.1 Å². The summed E-state index contributed by atoms with van der Waals surface area (Å²) in [5.41, 5.74) is 0.465. The number of pyridine rings is 1. The fraction of sp³-hybridized carbons (Fsp3) is 0.600. The Morgan fingerprint density at radius 3 is 2.47 bits per heavy atom. The lowest BCUT2D eigenvalue weighted by atomic mass is 9.81. The second kappa shape index (κ2) is 5.59. The highest BCUT2D eigenvalue weighted by Crippen LogP contribution is 2.27. The normalized spacial score (nSPS) is 12.1. The Bertz CT molecular complexity index is 448. The van der Waals surface area contributed by atoms with Crippen molar-refractivity contribution in [1.82, 2.24) is 10.3 Å². The summed E-state index contributed by atoms with van der Waals surface area (Å²) in [6.45, 7) is 10.6. The number of hydrogen-bond acceptors (Lipinski definition) is 3. The lowest BCUT2D eigenvalue weighted by Crippen LogP contribution is -2.45. The minimum atomic E-state index is -0.258. The van der Waals surface area contributed by atoms with Crippen molar-refractivity contribution in [3.63, 3.8) is 0 Å². The van der Waals surface area contributed by atoms with E-state index in [1.54, 1.807) is 18.3 Å². The highest BCUT2D eigenvalue weighted by molar-refractivity contribution is 5.94. The highest BCUT2D eigenvalue weighted by atomic mass is 16.5. The molecule has 19 heavy (non-hydrogen) atoms. The Morgan fingerprint density at radius 1 is 1.32 bits per heavy atom. The number of methoxy groups -OCH3 is 1. The summed E-state index contributed by atoms with van der Waals surface area (Å²) in [4.78, 5) is 16.2. The molecule has 0 bridgehead atoms. The van der Waals surface area contributed by atoms with Crippen LogP contribution in [0.4, 0.5) is 0 Å². The zero-order valence-electron chi connectivity index (χ0n) is 12.7. The third kappa shape index (κ3) is 5.28. The quantitative estimate of drug-likeness (QED) is 0.909. The van der Waals surface area contributed by atoms with E-state index in [0.717, 1.165) is 6.42 Å². The van der Waals surface area contributed by atoms with Gasteiger partial charge in [0, 0.05) is 23.4 Å². The van der Waals surface area contributed by atoms with E-state index in [1.165, 1.54) is 7.11 Å². The first-order valence-electron chi connectivity index (χ1n) is 6.45. The van der Waals surface area contributed by atoms with E-state index >= 15 is 0 Å². The van der Waals surface area contributed by atoms with Crippen molar-refractivity contribution < 1.29 is 9.53 Å². The van der Waals surface area contributed by atoms with Crippen molar-refractivity contribution in [2.24, 2.45) is 5.41 Å². The Balaban J connectivity index is 2.78. The van der Waals surface area contributed by atoms with Gasteiger partial charge < -0.3 is 10.1 Å². The Labute approximate surface area is 115 Å². The van der Waals surface area contributed by atoms with E-state index in [1.807, 2.05) is 13.8 Å². The summed E-state index contributed by atoms with van der Waals surface area (Å²) in [7, 11) is 1.54. The molecular weight excluding hydrogens is 240 g/mol. The van der Waals surface area contributed by atoms with Crippen molar-refractivity contribution in [2.75, 3.05) is 7.11 Å². The van der Waals surface area contributed by atoms with Gasteiger partial charge in [0.1, 0.15) is 0 Å². The van der Waals surface area contributed by atoms with Crippen LogP contribution in [-0.4, -0.2) is 23.5 Å². The van der Waals surface area contributed by atoms with E-state index < -0.39 is 0 Å². The van der Waals surface area contributed by atoms with Crippen molar-refractivity contribution >= 4 is 5.91 Å². The molecule has 4 heteroatoms. The molecule has 0 radical (unpaired) electrons. The lowest BCUT2D eigenvalue weighted by Gasteiger charge is -2.33. The molecule has 1 N–H and O–H groups in total. The first-order chi connectivity index (χ1) is 8.63. The fourth-order valence-corrected chi connectivity index (χ4v) is 2.41. The Kier molecular flexibility index (Phi) is 4.56. The molecule has 1 amide bonds. The highest BCUT2D eigenvalue weighted by Gasteiger charge is 2.27. The molecule has 0 aliphatic rings. The summed E-state index contributed by atoms with van der Waals surface area (Å²) >= 11 is 0. The van der Waals surface area contributed by atoms with Gasteiger partial charge in [-0.1, -0.05) is 20.8 Å². The molecule has 0 fully saturated rings. The van der Waals surface area contributed by atoms with Gasteiger partial charge >= 0.3 is 0 Å². The average molecular weight is 264 g/mol. The van der Waals surface area contributed by atoms with Crippen LogP contribution in [0.25, 0.3) is 0 Å². The largest absolute Gasteiger partial charge is 0.481 e. The maximum atomic E-state index is 12.2. The Hall–Kier alpha value is -1.58. The fourth-order valence-electron chi connectivity index (χ4n) is 2.41. The predicted octanol–water partition coefficient (Wildman–Crippen LogP) is 3.03.